The van der Waals surface area contributed by atoms with Gasteiger partial charge in [-0.15, -0.1) is 11.8 Å². The Balaban J connectivity index is 2.03. The zero-order valence-corrected chi connectivity index (χ0v) is 17.0. The fourth-order valence-corrected chi connectivity index (χ4v) is 4.50. The first kappa shape index (κ1) is 19.4. The van der Waals surface area contributed by atoms with Crippen molar-refractivity contribution in [2.24, 2.45) is 4.99 Å². The van der Waals surface area contributed by atoms with Crippen molar-refractivity contribution in [3.8, 4) is 0 Å². The Hall–Kier alpha value is -2.38. The van der Waals surface area contributed by atoms with Crippen molar-refractivity contribution in [3.05, 3.63) is 58.9 Å². The third-order valence-electron chi connectivity index (χ3n) is 3.75. The summed E-state index contributed by atoms with van der Waals surface area (Å²) in [6.07, 6.45) is 0. The summed E-state index contributed by atoms with van der Waals surface area (Å²) >= 11 is 3.07. The summed E-state index contributed by atoms with van der Waals surface area (Å²) in [7, 11) is 1.34. The van der Waals surface area contributed by atoms with E-state index in [2.05, 4.69) is 18.8 Å². The van der Waals surface area contributed by atoms with Crippen LogP contribution in [0.25, 0.3) is 10.2 Å². The molecular weight excluding hydrogens is 380 g/mol. The standard InChI is InChI=1S/C20H20N2O3S2/c1-13(2)26-15-8-6-7-14(11-15)19(24)21-20-22(12-18(23)25-3)16-9-4-5-10-17(16)27-20/h4-11,13H,12H2,1-3H3. The van der Waals surface area contributed by atoms with Gasteiger partial charge in [-0.3, -0.25) is 9.59 Å². The number of nitrogens with zero attached hydrogens (tertiary/aromatic N) is 2. The fraction of sp³-hybridized carbons (Fsp3) is 0.250. The summed E-state index contributed by atoms with van der Waals surface area (Å²) in [5.74, 6) is -0.714. The van der Waals surface area contributed by atoms with E-state index < -0.39 is 0 Å². The summed E-state index contributed by atoms with van der Waals surface area (Å²) in [5, 5.41) is 0.428. The summed E-state index contributed by atoms with van der Waals surface area (Å²) < 4.78 is 7.46. The number of carbonyl (C=O) groups is 2. The highest BCUT2D eigenvalue weighted by atomic mass is 32.2. The first-order valence-electron chi connectivity index (χ1n) is 8.49. The Labute approximate surface area is 165 Å². The molecule has 5 nitrogen and oxygen atoms in total. The molecule has 1 amide bonds. The predicted molar refractivity (Wildman–Crippen MR) is 109 cm³/mol. The van der Waals surface area contributed by atoms with Crippen molar-refractivity contribution in [2.45, 2.75) is 30.5 Å². The van der Waals surface area contributed by atoms with Crippen LogP contribution in [0.1, 0.15) is 24.2 Å². The maximum Gasteiger partial charge on any atom is 0.325 e. The molecule has 0 bridgehead atoms. The number of hydrogen-bond donors (Lipinski definition) is 0. The number of thiazole rings is 1. The minimum absolute atomic E-state index is 0.00979. The van der Waals surface area contributed by atoms with Crippen LogP contribution in [0, 0.1) is 0 Å². The van der Waals surface area contributed by atoms with Crippen LogP contribution in [0.2, 0.25) is 0 Å². The predicted octanol–water partition coefficient (Wildman–Crippen LogP) is 4.12. The van der Waals surface area contributed by atoms with Crippen LogP contribution in [0.3, 0.4) is 0 Å². The number of para-hydroxylation sites is 1. The van der Waals surface area contributed by atoms with Gasteiger partial charge in [0, 0.05) is 15.7 Å². The van der Waals surface area contributed by atoms with Crippen LogP contribution >= 0.6 is 23.1 Å². The summed E-state index contributed by atoms with van der Waals surface area (Å²) in [6.45, 7) is 4.23. The summed E-state index contributed by atoms with van der Waals surface area (Å²) in [4.78, 5) is 30.4. The molecule has 0 atom stereocenters. The molecule has 1 aromatic heterocycles. The van der Waals surface area contributed by atoms with E-state index in [0.717, 1.165) is 15.1 Å². The molecule has 7 heteroatoms. The highest BCUT2D eigenvalue weighted by Gasteiger charge is 2.12. The molecule has 0 N–H and O–H groups in total. The van der Waals surface area contributed by atoms with Crippen LogP contribution < -0.4 is 4.80 Å². The van der Waals surface area contributed by atoms with Gasteiger partial charge in [-0.1, -0.05) is 43.4 Å². The fourth-order valence-electron chi connectivity index (χ4n) is 2.58. The third-order valence-corrected chi connectivity index (χ3v) is 5.81. The number of fused-ring (bicyclic) bond motifs is 1. The van der Waals surface area contributed by atoms with E-state index in [4.69, 9.17) is 4.74 Å². The molecule has 3 rings (SSSR count). The molecule has 1 heterocycles. The first-order chi connectivity index (χ1) is 13.0. The molecule has 0 aliphatic heterocycles. The zero-order chi connectivity index (χ0) is 19.4. The van der Waals surface area contributed by atoms with Crippen LogP contribution in [0.15, 0.2) is 58.4 Å². The summed E-state index contributed by atoms with van der Waals surface area (Å²) in [6, 6.07) is 15.1. The molecule has 0 radical (unpaired) electrons. The van der Waals surface area contributed by atoms with Gasteiger partial charge in [-0.05, 0) is 30.3 Å². The summed E-state index contributed by atoms with van der Waals surface area (Å²) in [5.41, 5.74) is 1.38. The average Bonchev–Trinajstić information content (AvgIpc) is 2.98. The van der Waals surface area contributed by atoms with E-state index in [-0.39, 0.29) is 18.4 Å². The van der Waals surface area contributed by atoms with E-state index >= 15 is 0 Å². The van der Waals surface area contributed by atoms with Gasteiger partial charge in [0.15, 0.2) is 4.80 Å². The molecule has 27 heavy (non-hydrogen) atoms. The molecule has 2 aromatic carbocycles. The van der Waals surface area contributed by atoms with Gasteiger partial charge in [-0.2, -0.15) is 4.99 Å². The minimum atomic E-state index is -0.386. The number of benzene rings is 2. The van der Waals surface area contributed by atoms with Gasteiger partial charge in [0.05, 0.1) is 17.3 Å². The molecule has 0 saturated heterocycles. The molecule has 0 saturated carbocycles. The Morgan fingerprint density at radius 2 is 1.96 bits per heavy atom. The van der Waals surface area contributed by atoms with Crippen molar-refractivity contribution >= 4 is 45.2 Å². The number of ether oxygens (including phenoxy) is 1. The van der Waals surface area contributed by atoms with Crippen molar-refractivity contribution in [1.82, 2.24) is 4.57 Å². The Kier molecular flexibility index (Phi) is 6.13. The second-order valence-electron chi connectivity index (χ2n) is 6.13. The van der Waals surface area contributed by atoms with Crippen LogP contribution in [0.5, 0.6) is 0 Å². The second kappa shape index (κ2) is 8.54. The quantitative estimate of drug-likeness (QED) is 0.477. The maximum absolute atomic E-state index is 12.7. The number of rotatable bonds is 5. The van der Waals surface area contributed by atoms with Gasteiger partial charge in [-0.25, -0.2) is 0 Å². The van der Waals surface area contributed by atoms with Crippen LogP contribution in [-0.2, 0) is 16.1 Å². The lowest BCUT2D eigenvalue weighted by molar-refractivity contribution is -0.141. The van der Waals surface area contributed by atoms with Crippen LogP contribution in [-0.4, -0.2) is 28.8 Å². The molecule has 0 spiro atoms. The number of carbonyl (C=O) groups excluding carboxylic acids is 2. The van der Waals surface area contributed by atoms with Crippen molar-refractivity contribution in [3.63, 3.8) is 0 Å². The van der Waals surface area contributed by atoms with Crippen molar-refractivity contribution < 1.29 is 14.3 Å². The Morgan fingerprint density at radius 1 is 1.19 bits per heavy atom. The molecule has 140 valence electrons. The second-order valence-corrected chi connectivity index (χ2v) is 8.79. The van der Waals surface area contributed by atoms with Gasteiger partial charge < -0.3 is 9.30 Å². The monoisotopic (exact) mass is 400 g/mol. The highest BCUT2D eigenvalue weighted by molar-refractivity contribution is 7.99. The number of hydrogen-bond acceptors (Lipinski definition) is 5. The highest BCUT2D eigenvalue weighted by Crippen LogP contribution is 2.24. The molecule has 0 fully saturated rings. The van der Waals surface area contributed by atoms with Gasteiger partial charge in [0.25, 0.3) is 5.91 Å². The van der Waals surface area contributed by atoms with Crippen molar-refractivity contribution in [1.29, 1.82) is 0 Å². The number of amides is 1. The smallest absolute Gasteiger partial charge is 0.325 e. The zero-order valence-electron chi connectivity index (χ0n) is 15.3. The molecule has 3 aromatic rings. The Bertz CT molecular complexity index is 1050. The number of esters is 1. The van der Waals surface area contributed by atoms with E-state index in [9.17, 15) is 9.59 Å². The first-order valence-corrected chi connectivity index (χ1v) is 10.2. The SMILES string of the molecule is COC(=O)Cn1c(=NC(=O)c2cccc(SC(C)C)c2)sc2ccccc21. The number of aromatic nitrogens is 1. The van der Waals surface area contributed by atoms with E-state index in [1.807, 2.05) is 42.5 Å². The molecule has 0 aliphatic carbocycles. The van der Waals surface area contributed by atoms with Gasteiger partial charge in [0.1, 0.15) is 6.54 Å². The van der Waals surface area contributed by atoms with Gasteiger partial charge in [0.2, 0.25) is 0 Å². The van der Waals surface area contributed by atoms with Crippen molar-refractivity contribution in [2.75, 3.05) is 7.11 Å². The lowest BCUT2D eigenvalue weighted by atomic mass is 10.2. The molecule has 0 unspecified atom stereocenters. The lowest BCUT2D eigenvalue weighted by Gasteiger charge is -2.05. The largest absolute Gasteiger partial charge is 0.468 e. The van der Waals surface area contributed by atoms with E-state index in [0.29, 0.717) is 15.6 Å². The third kappa shape index (κ3) is 4.67. The topological polar surface area (TPSA) is 60.7 Å². The molecular formula is C20H20N2O3S2. The minimum Gasteiger partial charge on any atom is -0.468 e. The normalized spacial score (nSPS) is 11.9. The van der Waals surface area contributed by atoms with E-state index in [1.54, 1.807) is 22.4 Å². The maximum atomic E-state index is 12.7. The average molecular weight is 401 g/mol. The Morgan fingerprint density at radius 3 is 2.70 bits per heavy atom. The van der Waals surface area contributed by atoms with E-state index in [1.165, 1.54) is 18.4 Å². The van der Waals surface area contributed by atoms with Crippen LogP contribution in [0.4, 0.5) is 0 Å². The number of methoxy groups -OCH3 is 1. The van der Waals surface area contributed by atoms with Gasteiger partial charge >= 0.3 is 5.97 Å². The lowest BCUT2D eigenvalue weighted by Crippen LogP contribution is -2.22. The number of thioether (sulfide) groups is 1. The molecule has 0 aliphatic rings.